The molecule has 1 aliphatic rings. The van der Waals surface area contributed by atoms with Crippen molar-refractivity contribution >= 4 is 27.5 Å². The van der Waals surface area contributed by atoms with E-state index in [0.717, 1.165) is 0 Å². The molecule has 0 spiro atoms. The average Bonchev–Trinajstić information content (AvgIpc) is 2.69. The Morgan fingerprint density at radius 1 is 1.04 bits per heavy atom. The Morgan fingerprint density at radius 2 is 1.67 bits per heavy atom. The molecule has 1 saturated heterocycles. The van der Waals surface area contributed by atoms with E-state index in [1.807, 2.05) is 0 Å². The average molecular weight is 409 g/mol. The van der Waals surface area contributed by atoms with Crippen LogP contribution in [0.15, 0.2) is 47.4 Å². The lowest BCUT2D eigenvalue weighted by Gasteiger charge is -2.34. The summed E-state index contributed by atoms with van der Waals surface area (Å²) in [6, 6.07) is 11.7. The van der Waals surface area contributed by atoms with Gasteiger partial charge in [0.05, 0.1) is 12.0 Å². The van der Waals surface area contributed by atoms with E-state index < -0.39 is 10.0 Å². The van der Waals surface area contributed by atoms with Gasteiger partial charge in [0.1, 0.15) is 5.75 Å². The number of amides is 1. The minimum Gasteiger partial charge on any atom is -0.497 e. The second kappa shape index (κ2) is 7.88. The number of aryl methyl sites for hydroxylation is 1. The van der Waals surface area contributed by atoms with Crippen molar-refractivity contribution in [3.63, 3.8) is 0 Å². The number of benzene rings is 2. The maximum absolute atomic E-state index is 12.9. The van der Waals surface area contributed by atoms with Gasteiger partial charge in [-0.1, -0.05) is 17.7 Å². The van der Waals surface area contributed by atoms with Crippen LogP contribution in [0.3, 0.4) is 0 Å². The van der Waals surface area contributed by atoms with Crippen LogP contribution in [-0.2, 0) is 10.0 Å². The Balaban J connectivity index is 1.70. The smallest absolute Gasteiger partial charge is 0.253 e. The highest BCUT2D eigenvalue weighted by Crippen LogP contribution is 2.25. The van der Waals surface area contributed by atoms with Gasteiger partial charge in [0.25, 0.3) is 5.91 Å². The molecule has 2 aromatic rings. The summed E-state index contributed by atoms with van der Waals surface area (Å²) >= 11 is 5.97. The van der Waals surface area contributed by atoms with E-state index in [-0.39, 0.29) is 23.9 Å². The standard InChI is InChI=1S/C19H21ClN2O4S/c1-14-3-6-16(20)13-18(14)27(24,25)22-11-9-21(10-12-22)19(23)15-4-7-17(26-2)8-5-15/h3-8,13H,9-12H2,1-2H3. The first kappa shape index (κ1) is 19.7. The monoisotopic (exact) mass is 408 g/mol. The number of nitrogens with zero attached hydrogens (tertiary/aromatic N) is 2. The van der Waals surface area contributed by atoms with E-state index in [2.05, 4.69) is 0 Å². The Kier molecular flexibility index (Phi) is 5.74. The summed E-state index contributed by atoms with van der Waals surface area (Å²) < 4.78 is 32.4. The number of methoxy groups -OCH3 is 1. The fraction of sp³-hybridized carbons (Fsp3) is 0.316. The van der Waals surface area contributed by atoms with E-state index in [1.165, 1.54) is 10.4 Å². The first-order valence-corrected chi connectivity index (χ1v) is 10.3. The molecule has 1 fully saturated rings. The topological polar surface area (TPSA) is 66.9 Å². The number of ether oxygens (including phenoxy) is 1. The van der Waals surface area contributed by atoms with Crippen LogP contribution in [0.25, 0.3) is 0 Å². The largest absolute Gasteiger partial charge is 0.497 e. The van der Waals surface area contributed by atoms with Crippen LogP contribution in [0.5, 0.6) is 5.75 Å². The zero-order valence-corrected chi connectivity index (χ0v) is 16.8. The van der Waals surface area contributed by atoms with Crippen LogP contribution < -0.4 is 4.74 Å². The zero-order valence-electron chi connectivity index (χ0n) is 15.2. The molecule has 0 aliphatic carbocycles. The van der Waals surface area contributed by atoms with Crippen molar-refractivity contribution in [3.8, 4) is 5.75 Å². The van der Waals surface area contributed by atoms with E-state index in [0.29, 0.717) is 35.0 Å². The highest BCUT2D eigenvalue weighted by molar-refractivity contribution is 7.89. The molecule has 2 aromatic carbocycles. The summed E-state index contributed by atoms with van der Waals surface area (Å²) in [4.78, 5) is 14.5. The van der Waals surface area contributed by atoms with Crippen molar-refractivity contribution in [2.24, 2.45) is 0 Å². The van der Waals surface area contributed by atoms with Gasteiger partial charge in [-0.15, -0.1) is 0 Å². The summed E-state index contributed by atoms with van der Waals surface area (Å²) in [5, 5.41) is 0.382. The lowest BCUT2D eigenvalue weighted by molar-refractivity contribution is 0.0698. The predicted molar refractivity (Wildman–Crippen MR) is 104 cm³/mol. The van der Waals surface area contributed by atoms with E-state index in [9.17, 15) is 13.2 Å². The molecule has 144 valence electrons. The molecule has 0 aromatic heterocycles. The molecule has 0 bridgehead atoms. The van der Waals surface area contributed by atoms with Gasteiger partial charge in [-0.05, 0) is 48.9 Å². The zero-order chi connectivity index (χ0) is 19.6. The highest BCUT2D eigenvalue weighted by Gasteiger charge is 2.31. The Morgan fingerprint density at radius 3 is 2.26 bits per heavy atom. The quantitative estimate of drug-likeness (QED) is 0.780. The van der Waals surface area contributed by atoms with Crippen molar-refractivity contribution in [2.75, 3.05) is 33.3 Å². The number of carbonyl (C=O) groups is 1. The van der Waals surface area contributed by atoms with E-state index in [1.54, 1.807) is 55.3 Å². The van der Waals surface area contributed by atoms with Crippen LogP contribution in [0, 0.1) is 6.92 Å². The molecular weight excluding hydrogens is 388 g/mol. The van der Waals surface area contributed by atoms with E-state index in [4.69, 9.17) is 16.3 Å². The van der Waals surface area contributed by atoms with Gasteiger partial charge in [0.2, 0.25) is 10.0 Å². The summed E-state index contributed by atoms with van der Waals surface area (Å²) in [7, 11) is -2.08. The molecule has 8 heteroatoms. The van der Waals surface area contributed by atoms with Crippen LogP contribution in [0.4, 0.5) is 0 Å². The molecule has 6 nitrogen and oxygen atoms in total. The first-order valence-electron chi connectivity index (χ1n) is 8.52. The third-order valence-corrected chi connectivity index (χ3v) is 6.91. The lowest BCUT2D eigenvalue weighted by atomic mass is 10.2. The third kappa shape index (κ3) is 4.10. The second-order valence-electron chi connectivity index (χ2n) is 6.33. The van der Waals surface area contributed by atoms with Gasteiger partial charge in [0, 0.05) is 36.8 Å². The Labute approximate surface area is 164 Å². The molecule has 0 saturated carbocycles. The van der Waals surface area contributed by atoms with Crippen LogP contribution in [0.2, 0.25) is 5.02 Å². The van der Waals surface area contributed by atoms with Crippen molar-refractivity contribution in [3.05, 3.63) is 58.6 Å². The second-order valence-corrected chi connectivity index (χ2v) is 8.68. The first-order chi connectivity index (χ1) is 12.8. The van der Waals surface area contributed by atoms with Crippen LogP contribution in [-0.4, -0.2) is 56.8 Å². The summed E-state index contributed by atoms with van der Waals surface area (Å²) in [5.41, 5.74) is 1.20. The number of hydrogen-bond acceptors (Lipinski definition) is 4. The van der Waals surface area contributed by atoms with Gasteiger partial charge >= 0.3 is 0 Å². The van der Waals surface area contributed by atoms with Gasteiger partial charge in [-0.25, -0.2) is 8.42 Å². The van der Waals surface area contributed by atoms with Gasteiger partial charge in [-0.2, -0.15) is 4.31 Å². The molecule has 1 aliphatic heterocycles. The maximum atomic E-state index is 12.9. The molecule has 1 amide bonds. The molecular formula is C19H21ClN2O4S. The summed E-state index contributed by atoms with van der Waals surface area (Å²) in [5.74, 6) is 0.563. The van der Waals surface area contributed by atoms with Gasteiger partial charge in [-0.3, -0.25) is 4.79 Å². The number of piperazine rings is 1. The molecule has 0 N–H and O–H groups in total. The summed E-state index contributed by atoms with van der Waals surface area (Å²) in [6.07, 6.45) is 0. The van der Waals surface area contributed by atoms with Crippen LogP contribution in [0.1, 0.15) is 15.9 Å². The highest BCUT2D eigenvalue weighted by atomic mass is 35.5. The third-order valence-electron chi connectivity index (χ3n) is 4.63. The normalized spacial score (nSPS) is 15.6. The number of halogens is 1. The fourth-order valence-corrected chi connectivity index (χ4v) is 4.95. The Bertz CT molecular complexity index is 937. The number of carbonyl (C=O) groups excluding carboxylic acids is 1. The molecule has 0 radical (unpaired) electrons. The molecule has 27 heavy (non-hydrogen) atoms. The van der Waals surface area contributed by atoms with E-state index >= 15 is 0 Å². The predicted octanol–water partition coefficient (Wildman–Crippen LogP) is 2.80. The SMILES string of the molecule is COc1ccc(C(=O)N2CCN(S(=O)(=O)c3cc(Cl)ccc3C)CC2)cc1. The molecule has 0 unspecified atom stereocenters. The molecule has 1 heterocycles. The number of hydrogen-bond donors (Lipinski definition) is 0. The number of rotatable bonds is 4. The Hall–Kier alpha value is -2.09. The fourth-order valence-electron chi connectivity index (χ4n) is 3.04. The van der Waals surface area contributed by atoms with Gasteiger partial charge < -0.3 is 9.64 Å². The van der Waals surface area contributed by atoms with Crippen molar-refractivity contribution < 1.29 is 17.9 Å². The van der Waals surface area contributed by atoms with Crippen LogP contribution >= 0.6 is 11.6 Å². The van der Waals surface area contributed by atoms with Crippen molar-refractivity contribution in [1.29, 1.82) is 0 Å². The molecule has 0 atom stereocenters. The van der Waals surface area contributed by atoms with Crippen molar-refractivity contribution in [1.82, 2.24) is 9.21 Å². The maximum Gasteiger partial charge on any atom is 0.253 e. The van der Waals surface area contributed by atoms with Crippen molar-refractivity contribution in [2.45, 2.75) is 11.8 Å². The summed E-state index contributed by atoms with van der Waals surface area (Å²) in [6.45, 7) is 2.91. The lowest BCUT2D eigenvalue weighted by Crippen LogP contribution is -2.50. The molecule has 3 rings (SSSR count). The minimum absolute atomic E-state index is 0.117. The minimum atomic E-state index is -3.64. The van der Waals surface area contributed by atoms with Gasteiger partial charge in [0.15, 0.2) is 0 Å². The number of sulfonamides is 1.